The van der Waals surface area contributed by atoms with Gasteiger partial charge in [0.05, 0.1) is 0 Å². The second kappa shape index (κ2) is 2.18. The molecule has 44 valence electrons. The lowest BCUT2D eigenvalue weighted by Crippen LogP contribution is -1.67. The minimum absolute atomic E-state index is 0.432. The van der Waals surface area contributed by atoms with Crippen molar-refractivity contribution in [1.29, 1.82) is 0 Å². The maximum atomic E-state index is 5.43. The van der Waals surface area contributed by atoms with Crippen molar-refractivity contribution in [1.82, 2.24) is 5.16 Å². The van der Waals surface area contributed by atoms with Crippen LogP contribution < -0.4 is 0 Å². The Morgan fingerprint density at radius 2 is 2.62 bits per heavy atom. The van der Waals surface area contributed by atoms with Crippen molar-refractivity contribution >= 4 is 11.6 Å². The summed E-state index contributed by atoms with van der Waals surface area (Å²) in [6, 6.07) is 1.71. The highest BCUT2D eigenvalue weighted by atomic mass is 35.5. The van der Waals surface area contributed by atoms with E-state index in [1.165, 1.54) is 0 Å². The molecule has 0 saturated heterocycles. The van der Waals surface area contributed by atoms with Gasteiger partial charge in [0.25, 0.3) is 0 Å². The Hall–Kier alpha value is -0.500. The molecule has 0 aliphatic heterocycles. The Balaban J connectivity index is 2.84. The molecule has 0 bridgehead atoms. The number of hydrogen-bond donors (Lipinski definition) is 0. The topological polar surface area (TPSA) is 26.0 Å². The van der Waals surface area contributed by atoms with E-state index in [1.54, 1.807) is 6.07 Å². The Morgan fingerprint density at radius 3 is 2.88 bits per heavy atom. The first-order valence-corrected chi connectivity index (χ1v) is 2.82. The number of rotatable bonds is 1. The summed E-state index contributed by atoms with van der Waals surface area (Å²) in [5.74, 6) is 0.829. The number of nitrogens with zero attached hydrogens (tertiary/aromatic N) is 1. The first kappa shape index (κ1) is 5.63. The zero-order valence-corrected chi connectivity index (χ0v) is 5.27. The standard InChI is InChI=1S/C5H6ClNO/c1-2-4-3-5(6)7-8-4/h3H,2H2,1H3. The van der Waals surface area contributed by atoms with E-state index < -0.39 is 0 Å². The first-order valence-electron chi connectivity index (χ1n) is 2.44. The second-order valence-electron chi connectivity index (χ2n) is 1.47. The summed E-state index contributed by atoms with van der Waals surface area (Å²) in [6.07, 6.45) is 0.847. The summed E-state index contributed by atoms with van der Waals surface area (Å²) < 4.78 is 4.73. The van der Waals surface area contributed by atoms with E-state index in [2.05, 4.69) is 5.16 Å². The molecule has 0 unspecified atom stereocenters. The van der Waals surface area contributed by atoms with Gasteiger partial charge in [-0.3, -0.25) is 0 Å². The molecule has 1 rings (SSSR count). The normalized spacial score (nSPS) is 9.75. The number of hydrogen-bond acceptors (Lipinski definition) is 2. The van der Waals surface area contributed by atoms with Gasteiger partial charge >= 0.3 is 0 Å². The fourth-order valence-corrected chi connectivity index (χ4v) is 0.611. The Labute approximate surface area is 52.4 Å². The highest BCUT2D eigenvalue weighted by Crippen LogP contribution is 2.07. The van der Waals surface area contributed by atoms with E-state index in [0.717, 1.165) is 12.2 Å². The van der Waals surface area contributed by atoms with Crippen LogP contribution in [0, 0.1) is 0 Å². The molecular formula is C5H6ClNO. The van der Waals surface area contributed by atoms with Gasteiger partial charge in [0, 0.05) is 12.5 Å². The lowest BCUT2D eigenvalue weighted by molar-refractivity contribution is 0.387. The van der Waals surface area contributed by atoms with Gasteiger partial charge in [-0.05, 0) is 0 Å². The highest BCUT2D eigenvalue weighted by Gasteiger charge is 1.95. The smallest absolute Gasteiger partial charge is 0.172 e. The molecule has 0 saturated carbocycles. The van der Waals surface area contributed by atoms with E-state index in [4.69, 9.17) is 16.1 Å². The molecule has 0 atom stereocenters. The van der Waals surface area contributed by atoms with Gasteiger partial charge in [-0.2, -0.15) is 0 Å². The van der Waals surface area contributed by atoms with Crippen LogP contribution >= 0.6 is 11.6 Å². The van der Waals surface area contributed by atoms with Gasteiger partial charge in [-0.25, -0.2) is 0 Å². The van der Waals surface area contributed by atoms with Crippen molar-refractivity contribution < 1.29 is 4.52 Å². The molecule has 0 aliphatic rings. The van der Waals surface area contributed by atoms with Crippen molar-refractivity contribution in [2.24, 2.45) is 0 Å². The maximum Gasteiger partial charge on any atom is 0.172 e. The van der Waals surface area contributed by atoms with E-state index in [0.29, 0.717) is 5.15 Å². The molecule has 8 heavy (non-hydrogen) atoms. The van der Waals surface area contributed by atoms with Gasteiger partial charge in [0.15, 0.2) is 5.15 Å². The molecule has 0 N–H and O–H groups in total. The van der Waals surface area contributed by atoms with Crippen molar-refractivity contribution in [2.45, 2.75) is 13.3 Å². The zero-order valence-electron chi connectivity index (χ0n) is 4.52. The SMILES string of the molecule is CCc1cc(Cl)no1. The van der Waals surface area contributed by atoms with E-state index >= 15 is 0 Å². The molecule has 0 spiro atoms. The molecule has 0 aromatic carbocycles. The number of aromatic nitrogens is 1. The maximum absolute atomic E-state index is 5.43. The molecule has 1 aromatic heterocycles. The van der Waals surface area contributed by atoms with Crippen molar-refractivity contribution in [2.75, 3.05) is 0 Å². The summed E-state index contributed by atoms with van der Waals surface area (Å²) in [5, 5.41) is 3.91. The van der Waals surface area contributed by atoms with Crippen LogP contribution in [0.25, 0.3) is 0 Å². The molecule has 0 aliphatic carbocycles. The van der Waals surface area contributed by atoms with Gasteiger partial charge < -0.3 is 4.52 Å². The largest absolute Gasteiger partial charge is 0.360 e. The minimum Gasteiger partial charge on any atom is -0.360 e. The predicted octanol–water partition coefficient (Wildman–Crippen LogP) is 1.89. The summed E-state index contributed by atoms with van der Waals surface area (Å²) >= 11 is 5.43. The van der Waals surface area contributed by atoms with Crippen LogP contribution in [0.1, 0.15) is 12.7 Å². The van der Waals surface area contributed by atoms with E-state index in [-0.39, 0.29) is 0 Å². The Kier molecular flexibility index (Phi) is 1.53. The monoisotopic (exact) mass is 131 g/mol. The first-order chi connectivity index (χ1) is 3.83. The van der Waals surface area contributed by atoms with Crippen LogP contribution in [0.2, 0.25) is 5.15 Å². The fraction of sp³-hybridized carbons (Fsp3) is 0.400. The quantitative estimate of drug-likeness (QED) is 0.582. The lowest BCUT2D eigenvalue weighted by atomic mass is 10.4. The molecule has 1 aromatic rings. The zero-order chi connectivity index (χ0) is 5.98. The molecule has 3 heteroatoms. The van der Waals surface area contributed by atoms with Gasteiger partial charge in [-0.1, -0.05) is 23.7 Å². The van der Waals surface area contributed by atoms with Gasteiger partial charge in [-0.15, -0.1) is 0 Å². The summed E-state index contributed by atoms with van der Waals surface area (Å²) in [6.45, 7) is 1.98. The number of halogens is 1. The van der Waals surface area contributed by atoms with Gasteiger partial charge in [0.2, 0.25) is 0 Å². The van der Waals surface area contributed by atoms with Crippen molar-refractivity contribution in [3.63, 3.8) is 0 Å². The molecule has 0 radical (unpaired) electrons. The molecule has 2 nitrogen and oxygen atoms in total. The summed E-state index contributed by atoms with van der Waals surface area (Å²) in [4.78, 5) is 0. The lowest BCUT2D eigenvalue weighted by Gasteiger charge is -1.76. The molecule has 0 fully saturated rings. The predicted molar refractivity (Wildman–Crippen MR) is 30.9 cm³/mol. The summed E-state index contributed by atoms with van der Waals surface area (Å²) in [7, 11) is 0. The molecular weight excluding hydrogens is 126 g/mol. The van der Waals surface area contributed by atoms with Crippen LogP contribution in [-0.2, 0) is 6.42 Å². The fourth-order valence-electron chi connectivity index (χ4n) is 0.454. The van der Waals surface area contributed by atoms with E-state index in [9.17, 15) is 0 Å². The van der Waals surface area contributed by atoms with Crippen LogP contribution in [0.4, 0.5) is 0 Å². The highest BCUT2D eigenvalue weighted by molar-refractivity contribution is 6.29. The third kappa shape index (κ3) is 1.01. The second-order valence-corrected chi connectivity index (χ2v) is 1.86. The Morgan fingerprint density at radius 1 is 1.88 bits per heavy atom. The Bertz CT molecular complexity index is 173. The average molecular weight is 132 g/mol. The van der Waals surface area contributed by atoms with Crippen molar-refractivity contribution in [3.05, 3.63) is 17.0 Å². The number of aryl methyl sites for hydroxylation is 1. The minimum atomic E-state index is 0.432. The van der Waals surface area contributed by atoms with Crippen LogP contribution in [0.5, 0.6) is 0 Å². The average Bonchev–Trinajstić information content (AvgIpc) is 2.14. The van der Waals surface area contributed by atoms with Gasteiger partial charge in [0.1, 0.15) is 5.76 Å². The van der Waals surface area contributed by atoms with Crippen LogP contribution in [-0.4, -0.2) is 5.16 Å². The third-order valence-corrected chi connectivity index (χ3v) is 1.06. The molecule has 0 amide bonds. The third-order valence-electron chi connectivity index (χ3n) is 0.879. The van der Waals surface area contributed by atoms with E-state index in [1.807, 2.05) is 6.92 Å². The van der Waals surface area contributed by atoms with Crippen molar-refractivity contribution in [3.8, 4) is 0 Å². The van der Waals surface area contributed by atoms with Crippen LogP contribution in [0.3, 0.4) is 0 Å². The summed E-state index contributed by atoms with van der Waals surface area (Å²) in [5.41, 5.74) is 0. The van der Waals surface area contributed by atoms with Crippen LogP contribution in [0.15, 0.2) is 10.6 Å². The molecule has 1 heterocycles.